The molecule has 0 spiro atoms. The molecule has 0 unspecified atom stereocenters. The highest BCUT2D eigenvalue weighted by Gasteiger charge is 2.27. The first-order valence-electron chi connectivity index (χ1n) is 7.84. The summed E-state index contributed by atoms with van der Waals surface area (Å²) in [5, 5.41) is 17.9. The Morgan fingerprint density at radius 1 is 1.14 bits per heavy atom. The van der Waals surface area contributed by atoms with Crippen molar-refractivity contribution in [2.75, 3.05) is 13.1 Å². The van der Waals surface area contributed by atoms with E-state index in [1.54, 1.807) is 6.33 Å². The summed E-state index contributed by atoms with van der Waals surface area (Å²) in [4.78, 5) is 0. The lowest BCUT2D eigenvalue weighted by molar-refractivity contribution is 0.279. The maximum absolute atomic E-state index is 4.18. The molecule has 0 saturated carbocycles. The molecule has 0 amide bonds. The SMILES string of the molecule is c1ccc2cc([C@@H]([C@H]3CCCNC3)n3cnnn3)ccc2c1. The molecule has 1 fully saturated rings. The van der Waals surface area contributed by atoms with Crippen LogP contribution >= 0.6 is 0 Å². The summed E-state index contributed by atoms with van der Waals surface area (Å²) in [6.07, 6.45) is 4.13. The second-order valence-electron chi connectivity index (χ2n) is 5.95. The fourth-order valence-corrected chi connectivity index (χ4v) is 3.48. The van der Waals surface area contributed by atoms with Crippen LogP contribution in [0.1, 0.15) is 24.4 Å². The fourth-order valence-electron chi connectivity index (χ4n) is 3.48. The van der Waals surface area contributed by atoms with Gasteiger partial charge in [0.2, 0.25) is 0 Å². The molecule has 1 aliphatic heterocycles. The standard InChI is InChI=1S/C17H19N5/c1-2-5-14-10-15(8-7-13(14)4-1)17(22-12-19-20-21-22)16-6-3-9-18-11-16/h1-2,4-5,7-8,10,12,16-18H,3,6,9,11H2/t16-,17-/m0/s1. The number of rotatable bonds is 3. The summed E-state index contributed by atoms with van der Waals surface area (Å²) >= 11 is 0. The normalized spacial score (nSPS) is 20.1. The van der Waals surface area contributed by atoms with Crippen molar-refractivity contribution in [3.8, 4) is 0 Å². The Hall–Kier alpha value is -2.27. The monoisotopic (exact) mass is 293 g/mol. The van der Waals surface area contributed by atoms with Crippen LogP contribution in [0.25, 0.3) is 10.8 Å². The highest BCUT2D eigenvalue weighted by Crippen LogP contribution is 2.32. The predicted molar refractivity (Wildman–Crippen MR) is 85.5 cm³/mol. The molecule has 2 atom stereocenters. The zero-order chi connectivity index (χ0) is 14.8. The minimum Gasteiger partial charge on any atom is -0.316 e. The summed E-state index contributed by atoms with van der Waals surface area (Å²) in [5.41, 5.74) is 1.28. The summed E-state index contributed by atoms with van der Waals surface area (Å²) in [5.74, 6) is 0.512. The van der Waals surface area contributed by atoms with Gasteiger partial charge < -0.3 is 5.32 Å². The third kappa shape index (κ3) is 2.48. The van der Waals surface area contributed by atoms with Gasteiger partial charge in [-0.3, -0.25) is 0 Å². The zero-order valence-corrected chi connectivity index (χ0v) is 12.4. The lowest BCUT2D eigenvalue weighted by atomic mass is 9.86. The van der Waals surface area contributed by atoms with Crippen molar-refractivity contribution in [2.45, 2.75) is 18.9 Å². The first kappa shape index (κ1) is 13.4. The van der Waals surface area contributed by atoms with Crippen LogP contribution < -0.4 is 5.32 Å². The van der Waals surface area contributed by atoms with Crippen LogP contribution in [0.3, 0.4) is 0 Å². The van der Waals surface area contributed by atoms with Crippen LogP contribution in [0.2, 0.25) is 0 Å². The second-order valence-corrected chi connectivity index (χ2v) is 5.95. The van der Waals surface area contributed by atoms with Gasteiger partial charge in [0.15, 0.2) is 0 Å². The van der Waals surface area contributed by atoms with Gasteiger partial charge in [-0.05, 0) is 58.1 Å². The molecule has 1 N–H and O–H groups in total. The van der Waals surface area contributed by atoms with Crippen molar-refractivity contribution in [2.24, 2.45) is 5.92 Å². The van der Waals surface area contributed by atoms with Crippen molar-refractivity contribution >= 4 is 10.8 Å². The van der Waals surface area contributed by atoms with E-state index in [2.05, 4.69) is 63.3 Å². The summed E-state index contributed by atoms with van der Waals surface area (Å²) < 4.78 is 1.90. The molecule has 4 rings (SSSR count). The van der Waals surface area contributed by atoms with E-state index in [0.29, 0.717) is 5.92 Å². The van der Waals surface area contributed by atoms with E-state index in [1.807, 2.05) is 4.68 Å². The van der Waals surface area contributed by atoms with Crippen molar-refractivity contribution < 1.29 is 0 Å². The molecule has 2 heterocycles. The first-order valence-corrected chi connectivity index (χ1v) is 7.84. The Balaban J connectivity index is 1.78. The maximum Gasteiger partial charge on any atom is 0.138 e. The molecule has 112 valence electrons. The number of aromatic nitrogens is 4. The fraction of sp³-hybridized carbons (Fsp3) is 0.353. The number of tetrazole rings is 1. The number of nitrogens with one attached hydrogen (secondary N) is 1. The number of hydrogen-bond donors (Lipinski definition) is 1. The Bertz CT molecular complexity index is 747. The maximum atomic E-state index is 4.18. The minimum atomic E-state index is 0.187. The molecule has 1 aromatic heterocycles. The quantitative estimate of drug-likeness (QED) is 0.806. The van der Waals surface area contributed by atoms with Crippen LogP contribution in [0.4, 0.5) is 0 Å². The topological polar surface area (TPSA) is 55.6 Å². The van der Waals surface area contributed by atoms with Gasteiger partial charge in [-0.25, -0.2) is 4.68 Å². The first-order chi connectivity index (χ1) is 10.9. The number of fused-ring (bicyclic) bond motifs is 1. The van der Waals surface area contributed by atoms with Crippen LogP contribution in [-0.2, 0) is 0 Å². The van der Waals surface area contributed by atoms with Crippen LogP contribution in [-0.4, -0.2) is 33.3 Å². The summed E-state index contributed by atoms with van der Waals surface area (Å²) in [6.45, 7) is 2.12. The van der Waals surface area contributed by atoms with Crippen molar-refractivity contribution in [1.29, 1.82) is 0 Å². The van der Waals surface area contributed by atoms with Gasteiger partial charge in [0.1, 0.15) is 6.33 Å². The third-order valence-corrected chi connectivity index (χ3v) is 4.55. The average molecular weight is 293 g/mol. The van der Waals surface area contributed by atoms with Gasteiger partial charge in [0.05, 0.1) is 6.04 Å². The summed E-state index contributed by atoms with van der Waals surface area (Å²) in [6, 6.07) is 15.3. The molecule has 0 radical (unpaired) electrons. The number of piperidine rings is 1. The molecule has 5 nitrogen and oxygen atoms in total. The van der Waals surface area contributed by atoms with E-state index >= 15 is 0 Å². The van der Waals surface area contributed by atoms with Gasteiger partial charge in [-0.15, -0.1) is 5.10 Å². The highest BCUT2D eigenvalue weighted by molar-refractivity contribution is 5.83. The molecule has 0 aliphatic carbocycles. The number of nitrogens with zero attached hydrogens (tertiary/aromatic N) is 4. The van der Waals surface area contributed by atoms with Crippen LogP contribution in [0, 0.1) is 5.92 Å². The van der Waals surface area contributed by atoms with Gasteiger partial charge in [-0.2, -0.15) is 0 Å². The van der Waals surface area contributed by atoms with E-state index in [0.717, 1.165) is 13.1 Å². The molecular formula is C17H19N5. The van der Waals surface area contributed by atoms with Crippen molar-refractivity contribution in [3.63, 3.8) is 0 Å². The molecule has 5 heteroatoms. The van der Waals surface area contributed by atoms with Gasteiger partial charge in [-0.1, -0.05) is 36.4 Å². The van der Waals surface area contributed by atoms with Crippen LogP contribution in [0.15, 0.2) is 48.8 Å². The Labute approximate surface area is 129 Å². The third-order valence-electron chi connectivity index (χ3n) is 4.55. The lowest BCUT2D eigenvalue weighted by Crippen LogP contribution is -2.36. The Morgan fingerprint density at radius 3 is 2.82 bits per heavy atom. The molecule has 22 heavy (non-hydrogen) atoms. The Morgan fingerprint density at radius 2 is 2.05 bits per heavy atom. The molecule has 1 saturated heterocycles. The van der Waals surface area contributed by atoms with E-state index in [9.17, 15) is 0 Å². The van der Waals surface area contributed by atoms with E-state index in [1.165, 1.54) is 29.2 Å². The van der Waals surface area contributed by atoms with Gasteiger partial charge >= 0.3 is 0 Å². The van der Waals surface area contributed by atoms with Crippen molar-refractivity contribution in [1.82, 2.24) is 25.5 Å². The molecule has 3 aromatic rings. The summed E-state index contributed by atoms with van der Waals surface area (Å²) in [7, 11) is 0. The smallest absolute Gasteiger partial charge is 0.138 e. The molecular weight excluding hydrogens is 274 g/mol. The minimum absolute atomic E-state index is 0.187. The highest BCUT2D eigenvalue weighted by atomic mass is 15.5. The van der Waals surface area contributed by atoms with E-state index in [4.69, 9.17) is 0 Å². The van der Waals surface area contributed by atoms with E-state index in [-0.39, 0.29) is 6.04 Å². The second kappa shape index (κ2) is 5.85. The molecule has 1 aliphatic rings. The Kier molecular flexibility index (Phi) is 3.56. The van der Waals surface area contributed by atoms with Gasteiger partial charge in [0, 0.05) is 6.54 Å². The lowest BCUT2D eigenvalue weighted by Gasteiger charge is -2.30. The van der Waals surface area contributed by atoms with Gasteiger partial charge in [0.25, 0.3) is 0 Å². The molecule has 2 aromatic carbocycles. The van der Waals surface area contributed by atoms with Crippen molar-refractivity contribution in [3.05, 3.63) is 54.4 Å². The zero-order valence-electron chi connectivity index (χ0n) is 12.4. The predicted octanol–water partition coefficient (Wildman–Crippen LogP) is 2.42. The largest absolute Gasteiger partial charge is 0.316 e. The van der Waals surface area contributed by atoms with E-state index < -0.39 is 0 Å². The average Bonchev–Trinajstić information content (AvgIpc) is 3.10. The number of hydrogen-bond acceptors (Lipinski definition) is 4. The molecule has 0 bridgehead atoms. The number of benzene rings is 2. The van der Waals surface area contributed by atoms with Crippen LogP contribution in [0.5, 0.6) is 0 Å².